The summed E-state index contributed by atoms with van der Waals surface area (Å²) in [6.45, 7) is -5.58. The number of alkyl halides is 4. The summed E-state index contributed by atoms with van der Waals surface area (Å²) in [6, 6.07) is 10.7. The molecular weight excluding hydrogens is 394 g/mol. The monoisotopic (exact) mass is 413 g/mol. The van der Waals surface area contributed by atoms with Gasteiger partial charge in [-0.2, -0.15) is 17.6 Å². The van der Waals surface area contributed by atoms with Gasteiger partial charge in [0.2, 0.25) is 5.91 Å². The van der Waals surface area contributed by atoms with Crippen LogP contribution in [0.15, 0.2) is 48.5 Å². The molecule has 29 heavy (non-hydrogen) atoms. The van der Waals surface area contributed by atoms with Crippen molar-refractivity contribution >= 4 is 12.0 Å². The summed E-state index contributed by atoms with van der Waals surface area (Å²) >= 11 is 0. The number of halogens is 4. The minimum absolute atomic E-state index is 0.101. The normalized spacial score (nSPS) is 11.3. The second-order valence-corrected chi connectivity index (χ2v) is 5.76. The number of hydrogen-bond donors (Lipinski definition) is 1. The van der Waals surface area contributed by atoms with Crippen LogP contribution in [0.3, 0.4) is 0 Å². The van der Waals surface area contributed by atoms with E-state index in [2.05, 4.69) is 14.8 Å². The minimum Gasteiger partial charge on any atom is -0.435 e. The Balaban J connectivity index is 2.03. The third-order valence-corrected chi connectivity index (χ3v) is 3.61. The lowest BCUT2D eigenvalue weighted by molar-refractivity contribution is -0.116. The van der Waals surface area contributed by atoms with Crippen molar-refractivity contribution in [3.63, 3.8) is 0 Å². The molecule has 0 bridgehead atoms. The molecule has 1 N–H and O–H groups in total. The first-order chi connectivity index (χ1) is 13.9. The van der Waals surface area contributed by atoms with Crippen LogP contribution in [-0.2, 0) is 22.7 Å². The van der Waals surface area contributed by atoms with Gasteiger partial charge in [0.05, 0.1) is 6.61 Å². The predicted molar refractivity (Wildman–Crippen MR) is 97.7 cm³/mol. The molecule has 2 rings (SSSR count). The van der Waals surface area contributed by atoms with Crippen LogP contribution >= 0.6 is 0 Å². The Labute approximate surface area is 164 Å². The summed E-state index contributed by atoms with van der Waals surface area (Å²) < 4.78 is 63.2. The van der Waals surface area contributed by atoms with Gasteiger partial charge in [-0.25, -0.2) is 0 Å². The molecule has 0 saturated carbocycles. The molecule has 0 spiro atoms. The Morgan fingerprint density at radius 2 is 1.76 bits per heavy atom. The van der Waals surface area contributed by atoms with Crippen LogP contribution in [0.1, 0.15) is 16.7 Å². The molecule has 0 saturated heterocycles. The third-order valence-electron chi connectivity index (χ3n) is 3.61. The van der Waals surface area contributed by atoms with E-state index < -0.39 is 24.9 Å². The highest BCUT2D eigenvalue weighted by atomic mass is 19.3. The molecule has 0 aliphatic carbocycles. The summed E-state index contributed by atoms with van der Waals surface area (Å²) in [6.07, 6.45) is 2.36. The average Bonchev–Trinajstić information content (AvgIpc) is 2.65. The third kappa shape index (κ3) is 7.82. The first-order valence-corrected chi connectivity index (χ1v) is 8.43. The number of ether oxygens (including phenoxy) is 3. The quantitative estimate of drug-likeness (QED) is 0.464. The van der Waals surface area contributed by atoms with E-state index in [1.54, 1.807) is 7.11 Å². The van der Waals surface area contributed by atoms with Gasteiger partial charge in [0, 0.05) is 31.4 Å². The van der Waals surface area contributed by atoms with Crippen LogP contribution in [0.5, 0.6) is 11.5 Å². The first kappa shape index (κ1) is 22.2. The lowest BCUT2D eigenvalue weighted by Gasteiger charge is -2.11. The van der Waals surface area contributed by atoms with Crippen LogP contribution in [-0.4, -0.2) is 26.2 Å². The zero-order valence-corrected chi connectivity index (χ0v) is 15.4. The number of rotatable bonds is 10. The van der Waals surface area contributed by atoms with Gasteiger partial charge in [-0.1, -0.05) is 24.3 Å². The highest BCUT2D eigenvalue weighted by molar-refractivity contribution is 5.92. The summed E-state index contributed by atoms with van der Waals surface area (Å²) in [5.41, 5.74) is 1.91. The summed E-state index contributed by atoms with van der Waals surface area (Å²) in [4.78, 5) is 12.0. The Hall–Kier alpha value is -3.07. The average molecular weight is 413 g/mol. The maximum Gasteiger partial charge on any atom is 0.387 e. The minimum atomic E-state index is -3.17. The highest BCUT2D eigenvalue weighted by Gasteiger charge is 2.12. The topological polar surface area (TPSA) is 56.8 Å². The first-order valence-electron chi connectivity index (χ1n) is 8.43. The number of benzene rings is 2. The molecule has 0 aliphatic heterocycles. The molecule has 0 heterocycles. The fourth-order valence-corrected chi connectivity index (χ4v) is 2.44. The molecule has 2 aromatic rings. The van der Waals surface area contributed by atoms with Gasteiger partial charge < -0.3 is 19.5 Å². The lowest BCUT2D eigenvalue weighted by Crippen LogP contribution is -2.20. The van der Waals surface area contributed by atoms with Crippen LogP contribution in [0.4, 0.5) is 17.6 Å². The number of hydrogen-bond acceptors (Lipinski definition) is 4. The zero-order chi connectivity index (χ0) is 21.2. The smallest absolute Gasteiger partial charge is 0.387 e. The molecule has 0 unspecified atom stereocenters. The largest absolute Gasteiger partial charge is 0.435 e. The molecule has 156 valence electrons. The van der Waals surface area contributed by atoms with E-state index >= 15 is 0 Å². The maximum atomic E-state index is 12.6. The molecule has 1 amide bonds. The Morgan fingerprint density at radius 3 is 2.45 bits per heavy atom. The molecule has 5 nitrogen and oxygen atoms in total. The fourth-order valence-electron chi connectivity index (χ4n) is 2.44. The van der Waals surface area contributed by atoms with Gasteiger partial charge in [-0.3, -0.25) is 4.79 Å². The molecular formula is C20H19F4NO4. The Kier molecular flexibility index (Phi) is 8.47. The number of methoxy groups -OCH3 is 1. The number of carbonyl (C=O) groups excluding carboxylic acids is 1. The van der Waals surface area contributed by atoms with Crippen molar-refractivity contribution in [3.8, 4) is 11.5 Å². The second-order valence-electron chi connectivity index (χ2n) is 5.76. The number of carbonyl (C=O) groups is 1. The SMILES string of the molecule is COCc1cccc(CNC(=O)C=Cc2ccc(OC(F)F)cc2OC(F)F)c1. The van der Waals surface area contributed by atoms with Crippen LogP contribution in [0.25, 0.3) is 6.08 Å². The number of nitrogens with one attached hydrogen (secondary N) is 1. The van der Waals surface area contributed by atoms with Crippen molar-refractivity contribution in [2.24, 2.45) is 0 Å². The van der Waals surface area contributed by atoms with E-state index in [1.807, 2.05) is 24.3 Å². The molecule has 9 heteroatoms. The van der Waals surface area contributed by atoms with Crippen molar-refractivity contribution in [1.82, 2.24) is 5.32 Å². The van der Waals surface area contributed by atoms with Gasteiger partial charge in [0.1, 0.15) is 11.5 Å². The van der Waals surface area contributed by atoms with Crippen LogP contribution in [0, 0.1) is 0 Å². The second kappa shape index (κ2) is 11.1. The molecule has 0 radical (unpaired) electrons. The fraction of sp³-hybridized carbons (Fsp3) is 0.250. The van der Waals surface area contributed by atoms with Gasteiger partial charge in [0.15, 0.2) is 0 Å². The molecule has 0 fully saturated rings. The van der Waals surface area contributed by atoms with Crippen LogP contribution in [0.2, 0.25) is 0 Å². The van der Waals surface area contributed by atoms with E-state index in [0.29, 0.717) is 6.61 Å². The Bertz CT molecular complexity index is 843. The molecule has 0 atom stereocenters. The van der Waals surface area contributed by atoms with Crippen molar-refractivity contribution in [2.75, 3.05) is 7.11 Å². The van der Waals surface area contributed by atoms with Crippen LogP contribution < -0.4 is 14.8 Å². The van der Waals surface area contributed by atoms with Gasteiger partial charge >= 0.3 is 13.2 Å². The summed E-state index contributed by atoms with van der Waals surface area (Å²) in [7, 11) is 1.58. The standard InChI is InChI=1S/C20H19F4NO4/c1-27-12-14-4-2-3-13(9-14)11-25-18(26)8-6-15-5-7-16(28-19(21)22)10-17(15)29-20(23)24/h2-10,19-20H,11-12H2,1H3,(H,25,26). The van der Waals surface area contributed by atoms with Crippen molar-refractivity contribution < 1.29 is 36.6 Å². The van der Waals surface area contributed by atoms with E-state index in [0.717, 1.165) is 29.3 Å². The molecule has 2 aromatic carbocycles. The maximum absolute atomic E-state index is 12.6. The van der Waals surface area contributed by atoms with E-state index in [1.165, 1.54) is 12.1 Å². The van der Waals surface area contributed by atoms with Crippen molar-refractivity contribution in [3.05, 3.63) is 65.2 Å². The van der Waals surface area contributed by atoms with Crippen molar-refractivity contribution in [1.29, 1.82) is 0 Å². The van der Waals surface area contributed by atoms with E-state index in [-0.39, 0.29) is 17.9 Å². The lowest BCUT2D eigenvalue weighted by atomic mass is 10.1. The van der Waals surface area contributed by atoms with E-state index in [9.17, 15) is 22.4 Å². The highest BCUT2D eigenvalue weighted by Crippen LogP contribution is 2.28. The molecule has 0 aromatic heterocycles. The van der Waals surface area contributed by atoms with E-state index in [4.69, 9.17) is 4.74 Å². The van der Waals surface area contributed by atoms with Gasteiger partial charge in [-0.05, 0) is 29.3 Å². The zero-order valence-electron chi connectivity index (χ0n) is 15.4. The summed E-state index contributed by atoms with van der Waals surface area (Å²) in [5, 5.41) is 2.66. The van der Waals surface area contributed by atoms with Crippen molar-refractivity contribution in [2.45, 2.75) is 26.4 Å². The molecule has 0 aliphatic rings. The van der Waals surface area contributed by atoms with Gasteiger partial charge in [0.25, 0.3) is 0 Å². The predicted octanol–water partition coefficient (Wildman–Crippen LogP) is 4.37. The van der Waals surface area contributed by atoms with Gasteiger partial charge in [-0.15, -0.1) is 0 Å². The summed E-state index contributed by atoms with van der Waals surface area (Å²) in [5.74, 6) is -1.21. The number of amides is 1. The Morgan fingerprint density at radius 1 is 1.03 bits per heavy atom.